The van der Waals surface area contributed by atoms with Gasteiger partial charge in [0.1, 0.15) is 5.60 Å². The van der Waals surface area contributed by atoms with E-state index in [1.54, 1.807) is 11.8 Å². The summed E-state index contributed by atoms with van der Waals surface area (Å²) < 4.78 is 1.31. The van der Waals surface area contributed by atoms with Crippen molar-refractivity contribution in [3.05, 3.63) is 33.1 Å². The number of β-amino-alcohol motifs (C(OH)–C–C–N with tert-alkyl or cyclic N) is 1. The van der Waals surface area contributed by atoms with E-state index in [1.165, 1.54) is 16.8 Å². The lowest BCUT2D eigenvalue weighted by atomic mass is 9.88. The third-order valence-electron chi connectivity index (χ3n) is 3.80. The zero-order chi connectivity index (χ0) is 15.6. The van der Waals surface area contributed by atoms with E-state index in [0.29, 0.717) is 13.0 Å². The number of likely N-dealkylation sites (tertiary alicyclic amines) is 1. The van der Waals surface area contributed by atoms with Gasteiger partial charge < -0.3 is 15.7 Å². The summed E-state index contributed by atoms with van der Waals surface area (Å²) in [7, 11) is 0. The summed E-state index contributed by atoms with van der Waals surface area (Å²) in [6, 6.07) is 0.743. The Balaban J connectivity index is 2.23. The Kier molecular flexibility index (Phi) is 4.29. The first kappa shape index (κ1) is 15.5. The minimum atomic E-state index is -1.26. The van der Waals surface area contributed by atoms with Crippen LogP contribution in [0.4, 0.5) is 0 Å². The first-order chi connectivity index (χ1) is 9.85. The van der Waals surface area contributed by atoms with Gasteiger partial charge in [0.15, 0.2) is 0 Å². The molecule has 116 valence electrons. The number of aromatic nitrogens is 2. The zero-order valence-electron chi connectivity index (χ0n) is 11.9. The van der Waals surface area contributed by atoms with E-state index in [2.05, 4.69) is 4.98 Å². The molecular formula is C13H20N4O4. The number of nitrogens with zero attached hydrogens (tertiary/aromatic N) is 2. The van der Waals surface area contributed by atoms with Crippen LogP contribution in [0, 0.1) is 0 Å². The standard InChI is InChI=1S/C13H20N4O4/c1-13(21)8-16(11(19)2-5-14)6-3-9(13)17-7-4-10(18)15-12(17)20/h4,7,9,21H,2-3,5-6,8,14H2,1H3,(H,15,18,20)/t9-,13-/m0/s1. The molecule has 2 rings (SSSR count). The molecule has 2 atom stereocenters. The van der Waals surface area contributed by atoms with Crippen molar-refractivity contribution in [3.8, 4) is 0 Å². The van der Waals surface area contributed by atoms with Crippen LogP contribution in [0.25, 0.3) is 0 Å². The van der Waals surface area contributed by atoms with Crippen molar-refractivity contribution in [3.63, 3.8) is 0 Å². The monoisotopic (exact) mass is 296 g/mol. The van der Waals surface area contributed by atoms with Crippen molar-refractivity contribution in [1.29, 1.82) is 0 Å². The molecule has 1 aromatic heterocycles. The fraction of sp³-hybridized carbons (Fsp3) is 0.615. The van der Waals surface area contributed by atoms with Crippen molar-refractivity contribution >= 4 is 5.91 Å². The van der Waals surface area contributed by atoms with E-state index in [9.17, 15) is 19.5 Å². The van der Waals surface area contributed by atoms with Gasteiger partial charge in [0.25, 0.3) is 5.56 Å². The fourth-order valence-corrected chi connectivity index (χ4v) is 2.77. The van der Waals surface area contributed by atoms with Gasteiger partial charge in [-0.3, -0.25) is 19.1 Å². The summed E-state index contributed by atoms with van der Waals surface area (Å²) in [5.74, 6) is -0.106. The third-order valence-corrected chi connectivity index (χ3v) is 3.80. The third kappa shape index (κ3) is 3.22. The van der Waals surface area contributed by atoms with Crippen LogP contribution in [0.1, 0.15) is 25.8 Å². The van der Waals surface area contributed by atoms with Crippen LogP contribution in [0.3, 0.4) is 0 Å². The molecule has 0 aliphatic carbocycles. The molecule has 1 amide bonds. The Bertz CT molecular complexity index is 634. The van der Waals surface area contributed by atoms with Crippen LogP contribution in [-0.4, -0.2) is 50.7 Å². The highest BCUT2D eigenvalue weighted by Crippen LogP contribution is 2.30. The quantitative estimate of drug-likeness (QED) is 0.621. The second kappa shape index (κ2) is 5.82. The molecule has 1 saturated heterocycles. The van der Waals surface area contributed by atoms with Crippen LogP contribution in [0.5, 0.6) is 0 Å². The van der Waals surface area contributed by atoms with E-state index in [1.807, 2.05) is 0 Å². The largest absolute Gasteiger partial charge is 0.386 e. The van der Waals surface area contributed by atoms with E-state index in [4.69, 9.17) is 5.73 Å². The highest BCUT2D eigenvalue weighted by atomic mass is 16.3. The van der Waals surface area contributed by atoms with Gasteiger partial charge in [-0.2, -0.15) is 0 Å². The number of nitrogens with two attached hydrogens (primary N) is 1. The van der Waals surface area contributed by atoms with Crippen molar-refractivity contribution in [2.75, 3.05) is 19.6 Å². The Morgan fingerprint density at radius 3 is 2.86 bits per heavy atom. The average molecular weight is 296 g/mol. The lowest BCUT2D eigenvalue weighted by Crippen LogP contribution is -2.56. The summed E-state index contributed by atoms with van der Waals surface area (Å²) >= 11 is 0. The number of hydrogen-bond donors (Lipinski definition) is 3. The minimum absolute atomic E-state index is 0.106. The SMILES string of the molecule is C[C@]1(O)CN(C(=O)CCN)CC[C@@H]1n1ccc(=O)[nH]c1=O. The van der Waals surface area contributed by atoms with Crippen molar-refractivity contribution in [2.24, 2.45) is 5.73 Å². The number of rotatable bonds is 3. The number of H-pyrrole nitrogens is 1. The Morgan fingerprint density at radius 1 is 1.57 bits per heavy atom. The highest BCUT2D eigenvalue weighted by Gasteiger charge is 2.40. The van der Waals surface area contributed by atoms with Crippen molar-refractivity contribution < 1.29 is 9.90 Å². The highest BCUT2D eigenvalue weighted by molar-refractivity contribution is 5.76. The number of amides is 1. The van der Waals surface area contributed by atoms with Gasteiger partial charge in [0.2, 0.25) is 5.91 Å². The zero-order valence-corrected chi connectivity index (χ0v) is 11.9. The molecule has 8 nitrogen and oxygen atoms in total. The second-order valence-corrected chi connectivity index (χ2v) is 5.53. The van der Waals surface area contributed by atoms with Gasteiger partial charge in [-0.15, -0.1) is 0 Å². The van der Waals surface area contributed by atoms with Crippen LogP contribution >= 0.6 is 0 Å². The number of piperidine rings is 1. The second-order valence-electron chi connectivity index (χ2n) is 5.53. The molecule has 21 heavy (non-hydrogen) atoms. The number of carbonyl (C=O) groups is 1. The van der Waals surface area contributed by atoms with E-state index >= 15 is 0 Å². The summed E-state index contributed by atoms with van der Waals surface area (Å²) in [5.41, 5.74) is 3.07. The summed E-state index contributed by atoms with van der Waals surface area (Å²) in [4.78, 5) is 38.5. The fourth-order valence-electron chi connectivity index (χ4n) is 2.77. The first-order valence-corrected chi connectivity index (χ1v) is 6.87. The molecule has 0 aromatic carbocycles. The first-order valence-electron chi connectivity index (χ1n) is 6.87. The molecule has 0 spiro atoms. The normalized spacial score (nSPS) is 25.9. The van der Waals surface area contributed by atoms with E-state index in [-0.39, 0.29) is 25.4 Å². The van der Waals surface area contributed by atoms with Crippen molar-refractivity contribution in [2.45, 2.75) is 31.4 Å². The lowest BCUT2D eigenvalue weighted by molar-refractivity contribution is -0.140. The molecule has 1 aromatic rings. The lowest BCUT2D eigenvalue weighted by Gasteiger charge is -2.43. The number of aliphatic hydroxyl groups is 1. The van der Waals surface area contributed by atoms with Gasteiger partial charge in [-0.25, -0.2) is 4.79 Å². The predicted octanol–water partition coefficient (Wildman–Crippen LogP) is -1.59. The number of carbonyl (C=O) groups excluding carboxylic acids is 1. The Hall–Kier alpha value is -1.93. The van der Waals surface area contributed by atoms with Gasteiger partial charge in [0.05, 0.1) is 12.6 Å². The maximum Gasteiger partial charge on any atom is 0.328 e. The molecular weight excluding hydrogens is 276 g/mol. The Labute approximate surface area is 121 Å². The van der Waals surface area contributed by atoms with Gasteiger partial charge >= 0.3 is 5.69 Å². The average Bonchev–Trinajstić information content (AvgIpc) is 2.39. The molecule has 8 heteroatoms. The summed E-state index contributed by atoms with van der Waals surface area (Å²) in [6.45, 7) is 2.41. The maximum absolute atomic E-state index is 11.9. The molecule has 0 saturated carbocycles. The predicted molar refractivity (Wildman–Crippen MR) is 75.9 cm³/mol. The van der Waals surface area contributed by atoms with E-state index in [0.717, 1.165) is 0 Å². The molecule has 1 aliphatic rings. The summed E-state index contributed by atoms with van der Waals surface area (Å²) in [6.07, 6.45) is 2.03. The number of nitrogens with one attached hydrogen (secondary N) is 1. The Morgan fingerprint density at radius 2 is 2.29 bits per heavy atom. The smallest absolute Gasteiger partial charge is 0.328 e. The molecule has 0 bridgehead atoms. The molecule has 0 unspecified atom stereocenters. The van der Waals surface area contributed by atoms with Gasteiger partial charge in [0, 0.05) is 31.8 Å². The number of hydrogen-bond acceptors (Lipinski definition) is 5. The molecule has 1 fully saturated rings. The van der Waals surface area contributed by atoms with Crippen molar-refractivity contribution in [1.82, 2.24) is 14.5 Å². The van der Waals surface area contributed by atoms with Crippen LogP contribution < -0.4 is 17.0 Å². The number of aromatic amines is 1. The molecule has 1 aliphatic heterocycles. The van der Waals surface area contributed by atoms with Crippen LogP contribution in [-0.2, 0) is 4.79 Å². The van der Waals surface area contributed by atoms with E-state index < -0.39 is 22.9 Å². The van der Waals surface area contributed by atoms with Crippen LogP contribution in [0.2, 0.25) is 0 Å². The van der Waals surface area contributed by atoms with Gasteiger partial charge in [-0.1, -0.05) is 0 Å². The van der Waals surface area contributed by atoms with Gasteiger partial charge in [-0.05, 0) is 13.3 Å². The minimum Gasteiger partial charge on any atom is -0.386 e. The maximum atomic E-state index is 11.9. The molecule has 2 heterocycles. The topological polar surface area (TPSA) is 121 Å². The summed E-state index contributed by atoms with van der Waals surface area (Å²) in [5, 5.41) is 10.6. The molecule has 4 N–H and O–H groups in total. The van der Waals surface area contributed by atoms with Crippen LogP contribution in [0.15, 0.2) is 21.9 Å². The molecule has 0 radical (unpaired) electrons.